The smallest absolute Gasteiger partial charge is 0.186 e. The van der Waals surface area contributed by atoms with E-state index < -0.39 is 27.2 Å². The van der Waals surface area contributed by atoms with Crippen molar-refractivity contribution in [1.82, 2.24) is 0 Å². The van der Waals surface area contributed by atoms with Crippen molar-refractivity contribution in [3.63, 3.8) is 0 Å². The molecule has 0 amide bonds. The van der Waals surface area contributed by atoms with Gasteiger partial charge in [0.05, 0.1) is 10.2 Å². The van der Waals surface area contributed by atoms with Gasteiger partial charge >= 0.3 is 0 Å². The van der Waals surface area contributed by atoms with Gasteiger partial charge in [-0.1, -0.05) is 48.0 Å². The third-order valence-corrected chi connectivity index (χ3v) is 6.32. The van der Waals surface area contributed by atoms with Crippen LogP contribution in [-0.4, -0.2) is 13.5 Å². The van der Waals surface area contributed by atoms with Crippen LogP contribution in [0.15, 0.2) is 70.0 Å². The van der Waals surface area contributed by atoms with E-state index in [1.807, 2.05) is 30.3 Å². The molecule has 0 heterocycles. The molecule has 26 heavy (non-hydrogen) atoms. The number of phenols is 1. The van der Waals surface area contributed by atoms with E-state index in [1.54, 1.807) is 6.07 Å². The minimum atomic E-state index is -4.01. The number of hydrogen-bond acceptors (Lipinski definition) is 3. The Kier molecular flexibility index (Phi) is 5.37. The lowest BCUT2D eigenvalue weighted by Gasteiger charge is -2.11. The summed E-state index contributed by atoms with van der Waals surface area (Å²) >= 11 is 8.95. The highest BCUT2D eigenvalue weighted by molar-refractivity contribution is 9.10. The van der Waals surface area contributed by atoms with Gasteiger partial charge in [0, 0.05) is 10.6 Å². The van der Waals surface area contributed by atoms with Crippen LogP contribution in [0.25, 0.3) is 11.1 Å². The van der Waals surface area contributed by atoms with E-state index in [-0.39, 0.29) is 20.0 Å². The maximum atomic E-state index is 14.2. The zero-order valence-electron chi connectivity index (χ0n) is 13.3. The van der Waals surface area contributed by atoms with Crippen LogP contribution >= 0.6 is 27.5 Å². The van der Waals surface area contributed by atoms with Crippen LogP contribution in [-0.2, 0) is 15.6 Å². The van der Waals surface area contributed by atoms with Crippen LogP contribution < -0.4 is 0 Å². The zero-order valence-corrected chi connectivity index (χ0v) is 16.4. The molecule has 3 aromatic rings. The van der Waals surface area contributed by atoms with E-state index in [1.165, 1.54) is 18.2 Å². The molecule has 0 atom stereocenters. The fourth-order valence-electron chi connectivity index (χ4n) is 2.56. The van der Waals surface area contributed by atoms with Crippen LogP contribution in [0, 0.1) is 5.82 Å². The van der Waals surface area contributed by atoms with Gasteiger partial charge in [0.25, 0.3) is 0 Å². The average molecular weight is 456 g/mol. The molecule has 0 aliphatic heterocycles. The van der Waals surface area contributed by atoms with Crippen LogP contribution in [0.5, 0.6) is 5.75 Å². The third kappa shape index (κ3) is 3.92. The monoisotopic (exact) mass is 454 g/mol. The molecule has 3 aromatic carbocycles. The number of phenolic OH excluding ortho intramolecular Hbond substituents is 1. The van der Waals surface area contributed by atoms with Gasteiger partial charge in [-0.2, -0.15) is 0 Å². The second-order valence-electron chi connectivity index (χ2n) is 5.67. The van der Waals surface area contributed by atoms with Crippen molar-refractivity contribution in [1.29, 1.82) is 0 Å². The Morgan fingerprint density at radius 3 is 2.38 bits per heavy atom. The lowest BCUT2D eigenvalue weighted by atomic mass is 10.0. The molecule has 0 bridgehead atoms. The topological polar surface area (TPSA) is 54.4 Å². The second kappa shape index (κ2) is 7.39. The molecule has 0 radical (unpaired) electrons. The van der Waals surface area contributed by atoms with Crippen molar-refractivity contribution in [3.05, 3.63) is 81.5 Å². The molecule has 0 saturated heterocycles. The normalized spacial score (nSPS) is 11.5. The minimum absolute atomic E-state index is 0.0156. The summed E-state index contributed by atoms with van der Waals surface area (Å²) in [5, 5.41) is 10.2. The fourth-order valence-corrected chi connectivity index (χ4v) is 5.06. The van der Waals surface area contributed by atoms with Gasteiger partial charge < -0.3 is 5.11 Å². The van der Waals surface area contributed by atoms with E-state index in [4.69, 9.17) is 11.6 Å². The van der Waals surface area contributed by atoms with E-state index in [9.17, 15) is 17.9 Å². The first-order valence-corrected chi connectivity index (χ1v) is 10.3. The number of halogens is 3. The Bertz CT molecular complexity index is 1070. The summed E-state index contributed by atoms with van der Waals surface area (Å²) in [4.78, 5) is -0.346. The predicted molar refractivity (Wildman–Crippen MR) is 104 cm³/mol. The van der Waals surface area contributed by atoms with Crippen molar-refractivity contribution in [2.45, 2.75) is 10.6 Å². The van der Waals surface area contributed by atoms with Gasteiger partial charge in [-0.05, 0) is 51.3 Å². The van der Waals surface area contributed by atoms with Gasteiger partial charge in [-0.15, -0.1) is 0 Å². The largest absolute Gasteiger partial charge is 0.505 e. The van der Waals surface area contributed by atoms with Crippen molar-refractivity contribution >= 4 is 37.4 Å². The van der Waals surface area contributed by atoms with Gasteiger partial charge in [-0.25, -0.2) is 12.8 Å². The zero-order chi connectivity index (χ0) is 18.9. The number of benzene rings is 3. The maximum Gasteiger partial charge on any atom is 0.186 e. The van der Waals surface area contributed by atoms with Crippen molar-refractivity contribution in [2.24, 2.45) is 0 Å². The quantitative estimate of drug-likeness (QED) is 0.558. The standard InChI is InChI=1S/C19H13BrClFO3S/c20-16-9-15(21)10-18(19(16)23)26(24,25)11-14-8-13(6-7-17(14)22)12-4-2-1-3-5-12/h1-10,23H,11H2. The lowest BCUT2D eigenvalue weighted by molar-refractivity contribution is 0.455. The maximum absolute atomic E-state index is 14.2. The van der Waals surface area contributed by atoms with Crippen LogP contribution in [0.2, 0.25) is 5.02 Å². The van der Waals surface area contributed by atoms with E-state index >= 15 is 0 Å². The Morgan fingerprint density at radius 2 is 1.69 bits per heavy atom. The molecule has 0 fully saturated rings. The lowest BCUT2D eigenvalue weighted by Crippen LogP contribution is -2.07. The first kappa shape index (κ1) is 18.9. The van der Waals surface area contributed by atoms with Crippen LogP contribution in [0.4, 0.5) is 4.39 Å². The molecular weight excluding hydrogens is 443 g/mol. The number of sulfone groups is 1. The molecule has 0 unspecified atom stereocenters. The summed E-state index contributed by atoms with van der Waals surface area (Å²) < 4.78 is 39.8. The molecule has 0 saturated carbocycles. The highest BCUT2D eigenvalue weighted by atomic mass is 79.9. The molecule has 134 valence electrons. The SMILES string of the molecule is O=S(=O)(Cc1cc(-c2ccccc2)ccc1F)c1cc(Cl)cc(Br)c1O. The fraction of sp³-hybridized carbons (Fsp3) is 0.0526. The third-order valence-electron chi connectivity index (χ3n) is 3.83. The number of aromatic hydroxyl groups is 1. The Balaban J connectivity index is 2.03. The number of rotatable bonds is 4. The molecule has 0 aromatic heterocycles. The van der Waals surface area contributed by atoms with Gasteiger partial charge in [0.1, 0.15) is 16.5 Å². The summed E-state index contributed by atoms with van der Waals surface area (Å²) in [5.41, 5.74) is 1.56. The number of hydrogen-bond donors (Lipinski definition) is 1. The average Bonchev–Trinajstić information content (AvgIpc) is 2.60. The molecule has 0 spiro atoms. The predicted octanol–water partition coefficient (Wildman–Crippen LogP) is 5.59. The summed E-state index contributed by atoms with van der Waals surface area (Å²) in [7, 11) is -4.01. The summed E-state index contributed by atoms with van der Waals surface area (Å²) in [6.07, 6.45) is 0. The Morgan fingerprint density at radius 1 is 1.00 bits per heavy atom. The Hall–Kier alpha value is -1.89. The van der Waals surface area contributed by atoms with Crippen molar-refractivity contribution in [2.75, 3.05) is 0 Å². The van der Waals surface area contributed by atoms with E-state index in [2.05, 4.69) is 15.9 Å². The van der Waals surface area contributed by atoms with Crippen molar-refractivity contribution in [3.8, 4) is 16.9 Å². The van der Waals surface area contributed by atoms with E-state index in [0.29, 0.717) is 5.56 Å². The first-order valence-electron chi connectivity index (χ1n) is 7.52. The molecule has 3 nitrogen and oxygen atoms in total. The summed E-state index contributed by atoms with van der Waals surface area (Å²) in [6.45, 7) is 0. The summed E-state index contributed by atoms with van der Waals surface area (Å²) in [6, 6.07) is 16.1. The molecule has 1 N–H and O–H groups in total. The van der Waals surface area contributed by atoms with Gasteiger partial charge in [-0.3, -0.25) is 0 Å². The van der Waals surface area contributed by atoms with Crippen molar-refractivity contribution < 1.29 is 17.9 Å². The molecular formula is C19H13BrClFO3S. The van der Waals surface area contributed by atoms with Crippen LogP contribution in [0.1, 0.15) is 5.56 Å². The highest BCUT2D eigenvalue weighted by Crippen LogP contribution is 2.36. The first-order chi connectivity index (χ1) is 12.3. The van der Waals surface area contributed by atoms with Gasteiger partial charge in [0.15, 0.2) is 9.84 Å². The molecule has 3 rings (SSSR count). The molecule has 0 aliphatic carbocycles. The van der Waals surface area contributed by atoms with Crippen LogP contribution in [0.3, 0.4) is 0 Å². The second-order valence-corrected chi connectivity index (χ2v) is 8.91. The minimum Gasteiger partial charge on any atom is -0.505 e. The molecule has 0 aliphatic rings. The summed E-state index contributed by atoms with van der Waals surface area (Å²) in [5.74, 6) is -1.68. The molecule has 7 heteroatoms. The Labute approximate surface area is 164 Å². The van der Waals surface area contributed by atoms with E-state index in [0.717, 1.165) is 11.6 Å². The van der Waals surface area contributed by atoms with Gasteiger partial charge in [0.2, 0.25) is 0 Å². The highest BCUT2D eigenvalue weighted by Gasteiger charge is 2.24.